The molecule has 0 atom stereocenters. The highest BCUT2D eigenvalue weighted by Crippen LogP contribution is 2.24. The van der Waals surface area contributed by atoms with Gasteiger partial charge in [-0.15, -0.1) is 0 Å². The van der Waals surface area contributed by atoms with Crippen molar-refractivity contribution in [3.8, 4) is 11.5 Å². The normalized spacial score (nSPS) is 11.3. The van der Waals surface area contributed by atoms with Crippen LogP contribution in [-0.4, -0.2) is 35.2 Å². The molecule has 3 aromatic rings. The molecule has 0 saturated carbocycles. The molecule has 2 aromatic carbocycles. The number of hydrogen-bond donors (Lipinski definition) is 3. The first-order valence-corrected chi connectivity index (χ1v) is 9.90. The Morgan fingerprint density at radius 1 is 1.13 bits per heavy atom. The number of fused-ring (bicyclic) bond motifs is 1. The number of amides is 1. The van der Waals surface area contributed by atoms with E-state index in [2.05, 4.69) is 15.3 Å². The highest BCUT2D eigenvalue weighted by atomic mass is 16.5. The van der Waals surface area contributed by atoms with E-state index in [1.54, 1.807) is 44.6 Å². The van der Waals surface area contributed by atoms with E-state index in [1.165, 1.54) is 0 Å². The van der Waals surface area contributed by atoms with Crippen molar-refractivity contribution < 1.29 is 19.4 Å². The third kappa shape index (κ3) is 5.66. The second kappa shape index (κ2) is 9.84. The minimum Gasteiger partial charge on any atom is -0.512 e. The van der Waals surface area contributed by atoms with Gasteiger partial charge in [0.2, 0.25) is 0 Å². The van der Waals surface area contributed by atoms with Gasteiger partial charge >= 0.3 is 0 Å². The van der Waals surface area contributed by atoms with Gasteiger partial charge in [-0.1, -0.05) is 11.6 Å². The van der Waals surface area contributed by atoms with Crippen LogP contribution in [0.4, 0.5) is 0 Å². The lowest BCUT2D eigenvalue weighted by Gasteiger charge is -2.11. The van der Waals surface area contributed by atoms with E-state index in [9.17, 15) is 9.90 Å². The third-order valence-corrected chi connectivity index (χ3v) is 4.68. The molecule has 1 amide bonds. The average Bonchev–Trinajstić information content (AvgIpc) is 3.17. The summed E-state index contributed by atoms with van der Waals surface area (Å²) in [6.07, 6.45) is 3.80. The summed E-state index contributed by atoms with van der Waals surface area (Å²) in [4.78, 5) is 20.3. The fourth-order valence-corrected chi connectivity index (χ4v) is 3.06. The quantitative estimate of drug-likeness (QED) is 0.369. The predicted octanol–water partition coefficient (Wildman–Crippen LogP) is 4.46. The van der Waals surface area contributed by atoms with Crippen molar-refractivity contribution in [1.82, 2.24) is 15.3 Å². The molecule has 0 saturated heterocycles. The van der Waals surface area contributed by atoms with Gasteiger partial charge in [0, 0.05) is 23.7 Å². The van der Waals surface area contributed by atoms with Crippen molar-refractivity contribution in [2.75, 3.05) is 14.2 Å². The van der Waals surface area contributed by atoms with Gasteiger partial charge in [-0.05, 0) is 50.3 Å². The van der Waals surface area contributed by atoms with Crippen molar-refractivity contribution in [3.05, 3.63) is 76.8 Å². The van der Waals surface area contributed by atoms with E-state index in [-0.39, 0.29) is 18.1 Å². The molecule has 0 aliphatic rings. The minimum atomic E-state index is -0.206. The number of allylic oxidation sites excluding steroid dienone is 4. The number of methoxy groups -OCH3 is 2. The number of imidazole rings is 1. The number of rotatable bonds is 8. The molecule has 0 radical (unpaired) electrons. The second-order valence-electron chi connectivity index (χ2n) is 7.35. The number of carbonyl (C=O) groups is 1. The number of aliphatic hydroxyl groups excluding tert-OH is 1. The van der Waals surface area contributed by atoms with E-state index >= 15 is 0 Å². The smallest absolute Gasteiger partial charge is 0.251 e. The fraction of sp³-hybridized carbons (Fsp3) is 0.250. The van der Waals surface area contributed by atoms with Crippen LogP contribution >= 0.6 is 0 Å². The van der Waals surface area contributed by atoms with Gasteiger partial charge in [0.05, 0.1) is 37.4 Å². The van der Waals surface area contributed by atoms with Gasteiger partial charge in [-0.2, -0.15) is 0 Å². The van der Waals surface area contributed by atoms with Gasteiger partial charge in [-0.3, -0.25) is 4.79 Å². The van der Waals surface area contributed by atoms with Crippen molar-refractivity contribution >= 4 is 16.9 Å². The summed E-state index contributed by atoms with van der Waals surface area (Å²) in [5.74, 6) is 1.98. The zero-order chi connectivity index (χ0) is 22.4. The number of nitrogens with zero attached hydrogens (tertiary/aromatic N) is 1. The lowest BCUT2D eigenvalue weighted by molar-refractivity contribution is 0.0951. The third-order valence-electron chi connectivity index (χ3n) is 4.68. The van der Waals surface area contributed by atoms with Crippen molar-refractivity contribution in [2.24, 2.45) is 0 Å². The lowest BCUT2D eigenvalue weighted by atomic mass is 10.1. The van der Waals surface area contributed by atoms with Crippen LogP contribution in [0, 0.1) is 0 Å². The van der Waals surface area contributed by atoms with Gasteiger partial charge in [0.15, 0.2) is 0 Å². The number of aliphatic hydroxyl groups is 1. The molecule has 0 unspecified atom stereocenters. The number of ether oxygens (including phenoxy) is 2. The highest BCUT2D eigenvalue weighted by molar-refractivity contribution is 5.97. The van der Waals surface area contributed by atoms with Gasteiger partial charge < -0.3 is 24.9 Å². The SMILES string of the molecule is COc1ccc(CNC(=O)c2ccc3nc(C/C(O)=C\C=C(C)C)[nH]c3c2)c(OC)c1. The van der Waals surface area contributed by atoms with Gasteiger partial charge in [0.1, 0.15) is 17.3 Å². The Hall–Kier alpha value is -3.74. The number of nitrogens with one attached hydrogen (secondary N) is 2. The molecule has 1 heterocycles. The number of benzene rings is 2. The molecular formula is C24H27N3O4. The highest BCUT2D eigenvalue weighted by Gasteiger charge is 2.11. The van der Waals surface area contributed by atoms with Crippen LogP contribution in [0.1, 0.15) is 35.6 Å². The number of hydrogen-bond acceptors (Lipinski definition) is 5. The Bertz CT molecular complexity index is 1140. The van der Waals surface area contributed by atoms with E-state index in [1.807, 2.05) is 32.1 Å². The van der Waals surface area contributed by atoms with Gasteiger partial charge in [-0.25, -0.2) is 4.98 Å². The van der Waals surface area contributed by atoms with Crippen molar-refractivity contribution in [3.63, 3.8) is 0 Å². The molecule has 1 aromatic heterocycles. The maximum Gasteiger partial charge on any atom is 0.251 e. The number of carbonyl (C=O) groups excluding carboxylic acids is 1. The monoisotopic (exact) mass is 421 g/mol. The summed E-state index contributed by atoms with van der Waals surface area (Å²) in [5, 5.41) is 13.0. The molecule has 0 bridgehead atoms. The van der Waals surface area contributed by atoms with Crippen LogP contribution in [0.3, 0.4) is 0 Å². The van der Waals surface area contributed by atoms with E-state index in [4.69, 9.17) is 9.47 Å². The average molecular weight is 421 g/mol. The molecule has 7 heteroatoms. The van der Waals surface area contributed by atoms with Crippen LogP contribution in [0.25, 0.3) is 11.0 Å². The van der Waals surface area contributed by atoms with Crippen LogP contribution in [0.2, 0.25) is 0 Å². The molecule has 0 aliphatic heterocycles. The summed E-state index contributed by atoms with van der Waals surface area (Å²) in [6, 6.07) is 10.7. The fourth-order valence-electron chi connectivity index (χ4n) is 3.06. The summed E-state index contributed by atoms with van der Waals surface area (Å²) in [7, 11) is 3.17. The Morgan fingerprint density at radius 2 is 1.94 bits per heavy atom. The van der Waals surface area contributed by atoms with E-state index < -0.39 is 0 Å². The van der Waals surface area contributed by atoms with Crippen LogP contribution in [0.15, 0.2) is 59.9 Å². The van der Waals surface area contributed by atoms with E-state index in [0.29, 0.717) is 29.4 Å². The lowest BCUT2D eigenvalue weighted by Crippen LogP contribution is -2.23. The summed E-state index contributed by atoms with van der Waals surface area (Å²) >= 11 is 0. The molecule has 0 spiro atoms. The molecular weight excluding hydrogens is 394 g/mol. The molecule has 3 N–H and O–H groups in total. The Balaban J connectivity index is 1.71. The molecule has 3 rings (SSSR count). The second-order valence-corrected chi connectivity index (χ2v) is 7.35. The summed E-state index contributed by atoms with van der Waals surface area (Å²) in [5.41, 5.74) is 3.93. The Labute approximate surface area is 181 Å². The maximum atomic E-state index is 12.7. The standard InChI is InChI=1S/C24H27N3O4/c1-15(2)5-8-18(28)12-23-26-20-10-7-16(11-21(20)27-23)24(29)25-14-17-6-9-19(30-3)13-22(17)31-4/h5-11,13,28H,12,14H2,1-4H3,(H,25,29)(H,26,27)/b18-8+. The van der Waals surface area contributed by atoms with Crippen molar-refractivity contribution in [2.45, 2.75) is 26.8 Å². The molecule has 162 valence electrons. The van der Waals surface area contributed by atoms with Crippen LogP contribution in [-0.2, 0) is 13.0 Å². The topological polar surface area (TPSA) is 96.5 Å². The summed E-state index contributed by atoms with van der Waals surface area (Å²) in [6.45, 7) is 4.24. The zero-order valence-electron chi connectivity index (χ0n) is 18.2. The van der Waals surface area contributed by atoms with Gasteiger partial charge in [0.25, 0.3) is 5.91 Å². The first kappa shape index (κ1) is 22.0. The molecule has 31 heavy (non-hydrogen) atoms. The first-order valence-electron chi connectivity index (χ1n) is 9.90. The molecule has 7 nitrogen and oxygen atoms in total. The zero-order valence-corrected chi connectivity index (χ0v) is 18.2. The number of H-pyrrole nitrogens is 1. The van der Waals surface area contributed by atoms with E-state index in [0.717, 1.165) is 22.2 Å². The largest absolute Gasteiger partial charge is 0.512 e. The first-order chi connectivity index (χ1) is 14.9. The minimum absolute atomic E-state index is 0.206. The summed E-state index contributed by atoms with van der Waals surface area (Å²) < 4.78 is 10.6. The Morgan fingerprint density at radius 3 is 2.65 bits per heavy atom. The van der Waals surface area contributed by atoms with Crippen LogP contribution in [0.5, 0.6) is 11.5 Å². The number of aromatic amines is 1. The predicted molar refractivity (Wildman–Crippen MR) is 121 cm³/mol. The molecule has 0 aliphatic carbocycles. The Kier molecular flexibility index (Phi) is 6.97. The number of aromatic nitrogens is 2. The molecule has 0 fully saturated rings. The maximum absolute atomic E-state index is 12.7. The van der Waals surface area contributed by atoms with Crippen molar-refractivity contribution in [1.29, 1.82) is 0 Å². The van der Waals surface area contributed by atoms with Crippen LogP contribution < -0.4 is 14.8 Å².